The van der Waals surface area contributed by atoms with Gasteiger partial charge in [0.15, 0.2) is 0 Å². The van der Waals surface area contributed by atoms with Gasteiger partial charge in [-0.1, -0.05) is 88.1 Å². The van der Waals surface area contributed by atoms with Crippen LogP contribution < -0.4 is 10.7 Å². The zero-order valence-electron chi connectivity index (χ0n) is 18.3. The number of benzene rings is 1. The third-order valence-electron chi connectivity index (χ3n) is 5.05. The fraction of sp³-hybridized carbons (Fsp3) is 0.500. The van der Waals surface area contributed by atoms with Gasteiger partial charge < -0.3 is 5.32 Å². The second kappa shape index (κ2) is 14.5. The molecule has 1 heterocycles. The molecular formula is C24H33ClN4O2. The molecule has 0 saturated heterocycles. The van der Waals surface area contributed by atoms with Gasteiger partial charge in [-0.2, -0.15) is 5.10 Å². The number of rotatable bonds is 14. The van der Waals surface area contributed by atoms with E-state index in [1.54, 1.807) is 0 Å². The number of hydrogen-bond donors (Lipinski definition) is 2. The molecule has 31 heavy (non-hydrogen) atoms. The van der Waals surface area contributed by atoms with Crippen molar-refractivity contribution in [2.45, 2.75) is 71.1 Å². The minimum Gasteiger partial charge on any atom is -0.347 e. The van der Waals surface area contributed by atoms with E-state index < -0.39 is 0 Å². The Hall–Kier alpha value is -2.47. The summed E-state index contributed by atoms with van der Waals surface area (Å²) in [5, 5.41) is 7.78. The Labute approximate surface area is 189 Å². The summed E-state index contributed by atoms with van der Waals surface area (Å²) in [5.74, 6) is -0.495. The molecule has 0 atom stereocenters. The first-order valence-electron chi connectivity index (χ1n) is 11.2. The lowest BCUT2D eigenvalue weighted by Crippen LogP contribution is -2.34. The topological polar surface area (TPSA) is 83.5 Å². The Morgan fingerprint density at radius 3 is 2.42 bits per heavy atom. The fourth-order valence-corrected chi connectivity index (χ4v) is 3.47. The van der Waals surface area contributed by atoms with E-state index in [4.69, 9.17) is 11.6 Å². The maximum atomic E-state index is 11.9. The minimum atomic E-state index is -0.387. The Morgan fingerprint density at radius 1 is 1.00 bits per heavy atom. The van der Waals surface area contributed by atoms with Crippen molar-refractivity contribution < 1.29 is 9.59 Å². The summed E-state index contributed by atoms with van der Waals surface area (Å²) in [4.78, 5) is 28.0. The minimum absolute atomic E-state index is 0.0999. The van der Waals surface area contributed by atoms with Gasteiger partial charge in [0.2, 0.25) is 5.91 Å². The first kappa shape index (κ1) is 24.8. The molecule has 168 valence electrons. The number of nitrogens with one attached hydrogen (secondary N) is 2. The molecule has 1 aromatic carbocycles. The number of aromatic nitrogens is 1. The van der Waals surface area contributed by atoms with Crippen LogP contribution in [-0.4, -0.2) is 29.6 Å². The predicted octanol–water partition coefficient (Wildman–Crippen LogP) is 5.38. The molecule has 0 bridgehead atoms. The molecule has 2 aromatic rings. The summed E-state index contributed by atoms with van der Waals surface area (Å²) in [6.07, 6.45) is 12.7. The molecule has 0 saturated carbocycles. The van der Waals surface area contributed by atoms with Crippen LogP contribution in [0.2, 0.25) is 5.15 Å². The lowest BCUT2D eigenvalue weighted by Gasteiger charge is -2.05. The molecule has 0 spiro atoms. The SMILES string of the molecule is CCCCCCCCCCCC(=O)NCC(=O)NN=Cc1cc2ccccc2nc1Cl. The maximum Gasteiger partial charge on any atom is 0.259 e. The Balaban J connectivity index is 1.58. The monoisotopic (exact) mass is 444 g/mol. The largest absolute Gasteiger partial charge is 0.347 e. The van der Waals surface area contributed by atoms with Gasteiger partial charge in [-0.3, -0.25) is 9.59 Å². The molecule has 0 aliphatic rings. The molecule has 0 radical (unpaired) electrons. The van der Waals surface area contributed by atoms with Crippen LogP contribution in [0.5, 0.6) is 0 Å². The van der Waals surface area contributed by atoms with Crippen molar-refractivity contribution in [3.8, 4) is 0 Å². The zero-order chi connectivity index (χ0) is 22.3. The maximum absolute atomic E-state index is 11.9. The molecule has 6 nitrogen and oxygen atoms in total. The van der Waals surface area contributed by atoms with Crippen LogP contribution >= 0.6 is 11.6 Å². The number of carbonyl (C=O) groups excluding carboxylic acids is 2. The Kier molecular flexibility index (Phi) is 11.6. The van der Waals surface area contributed by atoms with Crippen molar-refractivity contribution in [2.24, 2.45) is 5.10 Å². The van der Waals surface area contributed by atoms with Crippen LogP contribution in [0.25, 0.3) is 10.9 Å². The molecular weight excluding hydrogens is 412 g/mol. The van der Waals surface area contributed by atoms with Crippen molar-refractivity contribution in [1.29, 1.82) is 0 Å². The molecule has 7 heteroatoms. The van der Waals surface area contributed by atoms with Crippen LogP contribution in [0.3, 0.4) is 0 Å². The van der Waals surface area contributed by atoms with E-state index in [-0.39, 0.29) is 18.4 Å². The predicted molar refractivity (Wildman–Crippen MR) is 127 cm³/mol. The highest BCUT2D eigenvalue weighted by Gasteiger charge is 2.06. The second-order valence-electron chi connectivity index (χ2n) is 7.71. The summed E-state index contributed by atoms with van der Waals surface area (Å²) in [5.41, 5.74) is 3.80. The van der Waals surface area contributed by atoms with Gasteiger partial charge in [0.1, 0.15) is 5.15 Å². The summed E-state index contributed by atoms with van der Waals surface area (Å²) in [7, 11) is 0. The lowest BCUT2D eigenvalue weighted by molar-refractivity contribution is -0.126. The molecule has 0 aliphatic heterocycles. The molecule has 2 amide bonds. The number of para-hydroxylation sites is 1. The van der Waals surface area contributed by atoms with E-state index in [1.807, 2.05) is 30.3 Å². The molecule has 0 fully saturated rings. The highest BCUT2D eigenvalue weighted by atomic mass is 35.5. The average molecular weight is 445 g/mol. The highest BCUT2D eigenvalue weighted by molar-refractivity contribution is 6.32. The third kappa shape index (κ3) is 9.92. The summed E-state index contributed by atoms with van der Waals surface area (Å²) in [6.45, 7) is 2.12. The van der Waals surface area contributed by atoms with Crippen molar-refractivity contribution in [3.63, 3.8) is 0 Å². The van der Waals surface area contributed by atoms with Crippen LogP contribution in [0.1, 0.15) is 76.7 Å². The highest BCUT2D eigenvalue weighted by Crippen LogP contribution is 2.18. The van der Waals surface area contributed by atoms with Gasteiger partial charge in [0.05, 0.1) is 18.3 Å². The van der Waals surface area contributed by atoms with Crippen LogP contribution in [0.4, 0.5) is 0 Å². The van der Waals surface area contributed by atoms with Crippen molar-refractivity contribution in [1.82, 2.24) is 15.7 Å². The third-order valence-corrected chi connectivity index (χ3v) is 5.35. The summed E-state index contributed by atoms with van der Waals surface area (Å²) >= 11 is 6.16. The number of amides is 2. The standard InChI is InChI=1S/C24H33ClN4O2/c1-2-3-4-5-6-7-8-9-10-15-22(30)26-18-23(31)29-27-17-20-16-19-13-11-12-14-21(19)28-24(20)25/h11-14,16-17H,2-10,15,18H2,1H3,(H,26,30)(H,29,31). The van der Waals surface area contributed by atoms with E-state index in [9.17, 15) is 9.59 Å². The van der Waals surface area contributed by atoms with Crippen molar-refractivity contribution in [2.75, 3.05) is 6.54 Å². The number of halogens is 1. The van der Waals surface area contributed by atoms with E-state index in [0.29, 0.717) is 17.1 Å². The smallest absolute Gasteiger partial charge is 0.259 e. The number of fused-ring (bicyclic) bond motifs is 1. The van der Waals surface area contributed by atoms with Gasteiger partial charge >= 0.3 is 0 Å². The molecule has 2 N–H and O–H groups in total. The van der Waals surface area contributed by atoms with Crippen LogP contribution in [0.15, 0.2) is 35.4 Å². The molecule has 1 aromatic heterocycles. The Bertz CT molecular complexity index is 870. The zero-order valence-corrected chi connectivity index (χ0v) is 19.1. The van der Waals surface area contributed by atoms with Crippen molar-refractivity contribution in [3.05, 3.63) is 41.0 Å². The van der Waals surface area contributed by atoms with E-state index in [0.717, 1.165) is 23.7 Å². The molecule has 2 rings (SSSR count). The van der Waals surface area contributed by atoms with E-state index in [1.165, 1.54) is 51.2 Å². The van der Waals surface area contributed by atoms with Gasteiger partial charge in [-0.25, -0.2) is 10.4 Å². The number of pyridine rings is 1. The summed E-state index contributed by atoms with van der Waals surface area (Å²) < 4.78 is 0. The van der Waals surface area contributed by atoms with Crippen LogP contribution in [-0.2, 0) is 9.59 Å². The average Bonchev–Trinajstić information content (AvgIpc) is 2.77. The van der Waals surface area contributed by atoms with E-state index in [2.05, 4.69) is 27.8 Å². The number of nitrogens with zero attached hydrogens (tertiary/aromatic N) is 2. The first-order valence-corrected chi connectivity index (χ1v) is 11.6. The van der Waals surface area contributed by atoms with Gasteiger partial charge in [0.25, 0.3) is 5.91 Å². The van der Waals surface area contributed by atoms with Gasteiger partial charge in [0, 0.05) is 17.4 Å². The fourth-order valence-electron chi connectivity index (χ4n) is 3.28. The van der Waals surface area contributed by atoms with Crippen molar-refractivity contribution >= 4 is 40.5 Å². The van der Waals surface area contributed by atoms with E-state index >= 15 is 0 Å². The van der Waals surface area contributed by atoms with Crippen LogP contribution in [0, 0.1) is 0 Å². The quantitative estimate of drug-likeness (QED) is 0.178. The molecule has 0 aliphatic carbocycles. The van der Waals surface area contributed by atoms with Gasteiger partial charge in [-0.05, 0) is 18.6 Å². The number of hydrogen-bond acceptors (Lipinski definition) is 4. The van der Waals surface area contributed by atoms with Gasteiger partial charge in [-0.15, -0.1) is 0 Å². The first-order chi connectivity index (χ1) is 15.1. The normalized spacial score (nSPS) is 11.2. The number of hydrazone groups is 1. The lowest BCUT2D eigenvalue weighted by atomic mass is 10.1. The number of unbranched alkanes of at least 4 members (excludes halogenated alkanes) is 8. The molecule has 0 unspecified atom stereocenters. The summed E-state index contributed by atoms with van der Waals surface area (Å²) in [6, 6.07) is 9.47. The Morgan fingerprint density at radius 2 is 1.68 bits per heavy atom. The second-order valence-corrected chi connectivity index (χ2v) is 8.07. The number of carbonyl (C=O) groups is 2.